The zero-order valence-electron chi connectivity index (χ0n) is 11.6. The molecular formula is C17H20ClNO. The van der Waals surface area contributed by atoms with Crippen molar-refractivity contribution in [1.82, 2.24) is 5.32 Å². The summed E-state index contributed by atoms with van der Waals surface area (Å²) in [6.07, 6.45) is 1.94. The first kappa shape index (κ1) is 14.9. The van der Waals surface area contributed by atoms with Gasteiger partial charge in [-0.05, 0) is 67.7 Å². The normalized spacial score (nSPS) is 12.3. The van der Waals surface area contributed by atoms with Crippen molar-refractivity contribution in [3.05, 3.63) is 64.7 Å². The predicted octanol–water partition coefficient (Wildman–Crippen LogP) is 3.67. The van der Waals surface area contributed by atoms with E-state index in [0.29, 0.717) is 11.7 Å². The van der Waals surface area contributed by atoms with E-state index in [4.69, 9.17) is 11.6 Å². The van der Waals surface area contributed by atoms with E-state index in [1.54, 1.807) is 6.07 Å². The largest absolute Gasteiger partial charge is 0.508 e. The average Bonchev–Trinajstić information content (AvgIpc) is 2.42. The number of aromatic hydroxyl groups is 1. The minimum absolute atomic E-state index is 0.331. The molecule has 2 nitrogen and oxygen atoms in total. The number of hydrogen-bond donors (Lipinski definition) is 2. The van der Waals surface area contributed by atoms with Gasteiger partial charge < -0.3 is 10.4 Å². The third kappa shape index (κ3) is 4.55. The molecule has 0 aliphatic heterocycles. The summed E-state index contributed by atoms with van der Waals surface area (Å²) in [5.74, 6) is 0.820. The second-order valence-electron chi connectivity index (χ2n) is 5.13. The van der Waals surface area contributed by atoms with Crippen LogP contribution in [0.3, 0.4) is 0 Å². The van der Waals surface area contributed by atoms with Crippen molar-refractivity contribution in [3.8, 4) is 5.75 Å². The number of hydrogen-bond acceptors (Lipinski definition) is 2. The minimum atomic E-state index is 0.331. The topological polar surface area (TPSA) is 32.3 Å². The lowest BCUT2D eigenvalue weighted by molar-refractivity contribution is 0.469. The zero-order chi connectivity index (χ0) is 14.4. The summed E-state index contributed by atoms with van der Waals surface area (Å²) in [7, 11) is 1.97. The summed E-state index contributed by atoms with van der Waals surface area (Å²) < 4.78 is 0. The molecule has 0 aromatic heterocycles. The van der Waals surface area contributed by atoms with Gasteiger partial charge >= 0.3 is 0 Å². The van der Waals surface area contributed by atoms with Crippen molar-refractivity contribution in [2.75, 3.05) is 13.6 Å². The van der Waals surface area contributed by atoms with Crippen molar-refractivity contribution in [2.24, 2.45) is 5.92 Å². The van der Waals surface area contributed by atoms with Gasteiger partial charge in [0.25, 0.3) is 0 Å². The fraction of sp³-hybridized carbons (Fsp3) is 0.294. The van der Waals surface area contributed by atoms with Crippen molar-refractivity contribution in [3.63, 3.8) is 0 Å². The van der Waals surface area contributed by atoms with Crippen LogP contribution in [0.15, 0.2) is 48.5 Å². The summed E-state index contributed by atoms with van der Waals surface area (Å²) in [5.41, 5.74) is 2.45. The van der Waals surface area contributed by atoms with Crippen molar-refractivity contribution in [1.29, 1.82) is 0 Å². The lowest BCUT2D eigenvalue weighted by Crippen LogP contribution is -2.22. The minimum Gasteiger partial charge on any atom is -0.508 e. The number of phenolic OH excluding ortho intramolecular Hbond substituents is 1. The van der Waals surface area contributed by atoms with Gasteiger partial charge in [0.2, 0.25) is 0 Å². The third-order valence-electron chi connectivity index (χ3n) is 3.37. The number of rotatable bonds is 6. The molecule has 2 N–H and O–H groups in total. The number of nitrogens with one attached hydrogen (secondary N) is 1. The highest BCUT2D eigenvalue weighted by Crippen LogP contribution is 2.19. The van der Waals surface area contributed by atoms with Crippen LogP contribution < -0.4 is 5.32 Å². The van der Waals surface area contributed by atoms with Gasteiger partial charge in [-0.1, -0.05) is 35.9 Å². The molecule has 0 aliphatic rings. The molecule has 1 unspecified atom stereocenters. The molecule has 0 fully saturated rings. The summed E-state index contributed by atoms with van der Waals surface area (Å²) >= 11 is 5.92. The standard InChI is InChI=1S/C17H20ClNO/c1-19-12-15(9-13-5-7-16(18)8-6-13)10-14-3-2-4-17(20)11-14/h2-8,11,15,19-20H,9-10,12H2,1H3. The third-order valence-corrected chi connectivity index (χ3v) is 3.62. The van der Waals surface area contributed by atoms with Crippen LogP contribution in [-0.4, -0.2) is 18.7 Å². The van der Waals surface area contributed by atoms with E-state index in [9.17, 15) is 5.11 Å². The van der Waals surface area contributed by atoms with Crippen LogP contribution in [0.4, 0.5) is 0 Å². The highest BCUT2D eigenvalue weighted by molar-refractivity contribution is 6.30. The van der Waals surface area contributed by atoms with E-state index < -0.39 is 0 Å². The van der Waals surface area contributed by atoms with Crippen molar-refractivity contribution in [2.45, 2.75) is 12.8 Å². The predicted molar refractivity (Wildman–Crippen MR) is 84.4 cm³/mol. The monoisotopic (exact) mass is 289 g/mol. The summed E-state index contributed by atoms with van der Waals surface area (Å²) in [4.78, 5) is 0. The van der Waals surface area contributed by atoms with E-state index in [2.05, 4.69) is 23.5 Å². The van der Waals surface area contributed by atoms with Gasteiger partial charge in [-0.3, -0.25) is 0 Å². The molecule has 0 heterocycles. The van der Waals surface area contributed by atoms with E-state index in [1.165, 1.54) is 11.1 Å². The molecule has 0 saturated heterocycles. The Labute approximate surface area is 125 Å². The van der Waals surface area contributed by atoms with Crippen LogP contribution in [0.25, 0.3) is 0 Å². The molecule has 20 heavy (non-hydrogen) atoms. The van der Waals surface area contributed by atoms with E-state index in [1.807, 2.05) is 31.3 Å². The molecule has 1 atom stereocenters. The maximum Gasteiger partial charge on any atom is 0.115 e. The Kier molecular flexibility index (Phi) is 5.45. The lowest BCUT2D eigenvalue weighted by atomic mass is 9.92. The molecule has 2 aromatic rings. The van der Waals surface area contributed by atoms with Crippen molar-refractivity contribution >= 4 is 11.6 Å². The first-order valence-electron chi connectivity index (χ1n) is 6.84. The van der Waals surface area contributed by atoms with E-state index in [-0.39, 0.29) is 0 Å². The van der Waals surface area contributed by atoms with Gasteiger partial charge in [0, 0.05) is 5.02 Å². The zero-order valence-corrected chi connectivity index (χ0v) is 12.4. The Bertz CT molecular complexity index is 539. The van der Waals surface area contributed by atoms with Gasteiger partial charge in [0.15, 0.2) is 0 Å². The summed E-state index contributed by atoms with van der Waals surface area (Å²) in [5, 5.41) is 13.6. The highest BCUT2D eigenvalue weighted by Gasteiger charge is 2.10. The average molecular weight is 290 g/mol. The molecule has 0 radical (unpaired) electrons. The van der Waals surface area contributed by atoms with Crippen LogP contribution in [0.5, 0.6) is 5.75 Å². The number of benzene rings is 2. The van der Waals surface area contributed by atoms with E-state index in [0.717, 1.165) is 24.4 Å². The molecule has 0 spiro atoms. The molecule has 3 heteroatoms. The van der Waals surface area contributed by atoms with Crippen LogP contribution in [0, 0.1) is 5.92 Å². The van der Waals surface area contributed by atoms with Gasteiger partial charge in [-0.15, -0.1) is 0 Å². The Balaban J connectivity index is 2.05. The fourth-order valence-electron chi connectivity index (χ4n) is 2.48. The number of halogens is 1. The molecule has 2 rings (SSSR count). The van der Waals surface area contributed by atoms with E-state index >= 15 is 0 Å². The van der Waals surface area contributed by atoms with Crippen molar-refractivity contribution < 1.29 is 5.11 Å². The van der Waals surface area contributed by atoms with Gasteiger partial charge in [0.05, 0.1) is 0 Å². The maximum atomic E-state index is 9.55. The Morgan fingerprint density at radius 2 is 1.75 bits per heavy atom. The molecule has 0 bridgehead atoms. The van der Waals surface area contributed by atoms with Crippen LogP contribution in [0.1, 0.15) is 11.1 Å². The summed E-state index contributed by atoms with van der Waals surface area (Å²) in [6.45, 7) is 0.943. The van der Waals surface area contributed by atoms with Gasteiger partial charge in [0.1, 0.15) is 5.75 Å². The molecule has 106 valence electrons. The quantitative estimate of drug-likeness (QED) is 0.850. The number of phenols is 1. The molecule has 0 saturated carbocycles. The Morgan fingerprint density at radius 3 is 2.40 bits per heavy atom. The molecular weight excluding hydrogens is 270 g/mol. The maximum absolute atomic E-state index is 9.55. The summed E-state index contributed by atoms with van der Waals surface area (Å²) in [6, 6.07) is 15.5. The first-order chi connectivity index (χ1) is 9.67. The first-order valence-corrected chi connectivity index (χ1v) is 7.22. The van der Waals surface area contributed by atoms with Gasteiger partial charge in [-0.25, -0.2) is 0 Å². The lowest BCUT2D eigenvalue weighted by Gasteiger charge is -2.17. The molecule has 0 amide bonds. The Hall–Kier alpha value is -1.51. The fourth-order valence-corrected chi connectivity index (χ4v) is 2.60. The van der Waals surface area contributed by atoms with Crippen LogP contribution >= 0.6 is 11.6 Å². The second kappa shape index (κ2) is 7.32. The smallest absolute Gasteiger partial charge is 0.115 e. The molecule has 0 aliphatic carbocycles. The SMILES string of the molecule is CNCC(Cc1ccc(Cl)cc1)Cc1cccc(O)c1. The highest BCUT2D eigenvalue weighted by atomic mass is 35.5. The molecule has 2 aromatic carbocycles. The van der Waals surface area contributed by atoms with Crippen LogP contribution in [0.2, 0.25) is 5.02 Å². The Morgan fingerprint density at radius 1 is 1.05 bits per heavy atom. The van der Waals surface area contributed by atoms with Crippen LogP contribution in [-0.2, 0) is 12.8 Å². The second-order valence-corrected chi connectivity index (χ2v) is 5.56. The van der Waals surface area contributed by atoms with Gasteiger partial charge in [-0.2, -0.15) is 0 Å².